The Kier molecular flexibility index (Phi) is 5.78. The summed E-state index contributed by atoms with van der Waals surface area (Å²) in [5.74, 6) is -0.550. The molecular weight excluding hydrogens is 308 g/mol. The summed E-state index contributed by atoms with van der Waals surface area (Å²) in [6.45, 7) is 3.12. The second-order valence-electron chi connectivity index (χ2n) is 4.87. The Morgan fingerprint density at radius 1 is 0.958 bits per heavy atom. The van der Waals surface area contributed by atoms with Crippen LogP contribution in [-0.2, 0) is 20.0 Å². The molecule has 0 spiro atoms. The first-order valence-electron chi connectivity index (χ1n) is 7.48. The van der Waals surface area contributed by atoms with E-state index in [2.05, 4.69) is 10.2 Å². The van der Waals surface area contributed by atoms with Crippen LogP contribution in [0.5, 0.6) is 0 Å². The average Bonchev–Trinajstić information content (AvgIpc) is 2.60. The van der Waals surface area contributed by atoms with Crippen molar-refractivity contribution in [1.29, 1.82) is 0 Å². The van der Waals surface area contributed by atoms with Gasteiger partial charge in [-0.25, -0.2) is 4.79 Å². The number of rotatable bonds is 5. The number of carbonyl (C=O) groups excluding carboxylic acids is 2. The number of nitrogens with zero attached hydrogens (tertiary/aromatic N) is 2. The van der Waals surface area contributed by atoms with Crippen molar-refractivity contribution in [3.63, 3.8) is 0 Å². The molecule has 0 atom stereocenters. The molecule has 0 fully saturated rings. The first kappa shape index (κ1) is 17.3. The van der Waals surface area contributed by atoms with Crippen molar-refractivity contribution in [3.05, 3.63) is 71.8 Å². The Labute approximate surface area is 140 Å². The highest BCUT2D eigenvalue weighted by atomic mass is 16.6. The standard InChI is InChI=1S/C18H18N2O4/c1-3-23-17(22)19-20-18(24-14(2)21,15-10-6-4-7-11-15)16-12-8-5-9-13-16/h4-13H,3H2,1-2H3/b20-19+. The van der Waals surface area contributed by atoms with E-state index >= 15 is 0 Å². The van der Waals surface area contributed by atoms with Crippen LogP contribution in [0.2, 0.25) is 0 Å². The molecule has 0 unspecified atom stereocenters. The van der Waals surface area contributed by atoms with Gasteiger partial charge in [0.2, 0.25) is 0 Å². The minimum absolute atomic E-state index is 0.176. The van der Waals surface area contributed by atoms with Crippen molar-refractivity contribution in [1.82, 2.24) is 0 Å². The van der Waals surface area contributed by atoms with Gasteiger partial charge in [0.15, 0.2) is 0 Å². The number of amides is 1. The lowest BCUT2D eigenvalue weighted by Crippen LogP contribution is -2.31. The average molecular weight is 326 g/mol. The smallest absolute Gasteiger partial charge is 0.447 e. The van der Waals surface area contributed by atoms with Crippen LogP contribution in [0.3, 0.4) is 0 Å². The second-order valence-corrected chi connectivity index (χ2v) is 4.87. The van der Waals surface area contributed by atoms with E-state index in [4.69, 9.17) is 9.47 Å². The Balaban J connectivity index is 2.60. The Hall–Kier alpha value is -3.02. The van der Waals surface area contributed by atoms with Crippen LogP contribution < -0.4 is 0 Å². The van der Waals surface area contributed by atoms with Gasteiger partial charge in [-0.3, -0.25) is 4.79 Å². The lowest BCUT2D eigenvalue weighted by Gasteiger charge is -2.28. The molecule has 0 aliphatic rings. The number of ether oxygens (including phenoxy) is 2. The number of hydrogen-bond acceptors (Lipinski definition) is 5. The maximum absolute atomic E-state index is 11.7. The number of benzene rings is 2. The van der Waals surface area contributed by atoms with E-state index in [1.54, 1.807) is 55.5 Å². The highest BCUT2D eigenvalue weighted by molar-refractivity contribution is 5.69. The number of hydrogen-bond donors (Lipinski definition) is 0. The van der Waals surface area contributed by atoms with E-state index in [0.29, 0.717) is 11.1 Å². The topological polar surface area (TPSA) is 77.3 Å². The van der Waals surface area contributed by atoms with Crippen molar-refractivity contribution in [2.75, 3.05) is 6.61 Å². The monoisotopic (exact) mass is 326 g/mol. The molecule has 124 valence electrons. The van der Waals surface area contributed by atoms with E-state index in [0.717, 1.165) is 0 Å². The molecule has 0 radical (unpaired) electrons. The molecule has 1 amide bonds. The van der Waals surface area contributed by atoms with Gasteiger partial charge in [0.1, 0.15) is 0 Å². The normalized spacial score (nSPS) is 11.2. The summed E-state index contributed by atoms with van der Waals surface area (Å²) >= 11 is 0. The Bertz CT molecular complexity index is 675. The molecule has 6 heteroatoms. The first-order chi connectivity index (χ1) is 11.6. The van der Waals surface area contributed by atoms with Crippen LogP contribution in [0.4, 0.5) is 4.79 Å². The molecule has 0 aliphatic heterocycles. The Morgan fingerprint density at radius 3 is 1.88 bits per heavy atom. The molecule has 24 heavy (non-hydrogen) atoms. The predicted molar refractivity (Wildman–Crippen MR) is 87.3 cm³/mol. The zero-order valence-corrected chi connectivity index (χ0v) is 13.5. The molecular formula is C18H18N2O4. The number of esters is 1. The van der Waals surface area contributed by atoms with Crippen molar-refractivity contribution in [3.8, 4) is 0 Å². The molecule has 2 rings (SSSR count). The van der Waals surface area contributed by atoms with E-state index in [1.165, 1.54) is 6.92 Å². The summed E-state index contributed by atoms with van der Waals surface area (Å²) in [5.41, 5.74) is -0.417. The summed E-state index contributed by atoms with van der Waals surface area (Å²) in [6, 6.07) is 17.8. The van der Waals surface area contributed by atoms with Crippen LogP contribution in [-0.4, -0.2) is 18.7 Å². The van der Waals surface area contributed by atoms with Crippen LogP contribution in [0.15, 0.2) is 70.9 Å². The van der Waals surface area contributed by atoms with Crippen molar-refractivity contribution in [2.45, 2.75) is 19.6 Å². The maximum atomic E-state index is 11.7. The van der Waals surface area contributed by atoms with Gasteiger partial charge < -0.3 is 9.47 Å². The van der Waals surface area contributed by atoms with Gasteiger partial charge in [0.25, 0.3) is 5.72 Å². The summed E-state index contributed by atoms with van der Waals surface area (Å²) in [5, 5.41) is 7.64. The van der Waals surface area contributed by atoms with Gasteiger partial charge in [-0.05, 0) is 6.92 Å². The van der Waals surface area contributed by atoms with Crippen molar-refractivity contribution < 1.29 is 19.1 Å². The maximum Gasteiger partial charge on any atom is 0.452 e. The molecule has 6 nitrogen and oxygen atoms in total. The summed E-state index contributed by atoms with van der Waals surface area (Å²) < 4.78 is 10.3. The summed E-state index contributed by atoms with van der Waals surface area (Å²) in [6.07, 6.45) is -0.846. The first-order valence-corrected chi connectivity index (χ1v) is 7.48. The highest BCUT2D eigenvalue weighted by Gasteiger charge is 2.38. The number of azo groups is 1. The minimum Gasteiger partial charge on any atom is -0.447 e. The molecule has 0 aromatic heterocycles. The van der Waals surface area contributed by atoms with E-state index in [9.17, 15) is 9.59 Å². The molecule has 0 saturated carbocycles. The fourth-order valence-electron chi connectivity index (χ4n) is 2.22. The van der Waals surface area contributed by atoms with Gasteiger partial charge in [0, 0.05) is 18.1 Å². The van der Waals surface area contributed by atoms with E-state index < -0.39 is 17.8 Å². The fourth-order valence-corrected chi connectivity index (χ4v) is 2.22. The van der Waals surface area contributed by atoms with E-state index in [1.807, 2.05) is 12.1 Å². The third-order valence-corrected chi connectivity index (χ3v) is 3.16. The van der Waals surface area contributed by atoms with Gasteiger partial charge in [-0.1, -0.05) is 65.8 Å². The Morgan fingerprint density at radius 2 is 1.46 bits per heavy atom. The van der Waals surface area contributed by atoms with Crippen LogP contribution in [0.1, 0.15) is 25.0 Å². The van der Waals surface area contributed by atoms with Gasteiger partial charge in [0.05, 0.1) is 6.61 Å². The lowest BCUT2D eigenvalue weighted by atomic mass is 9.95. The third kappa shape index (κ3) is 4.04. The molecule has 2 aromatic carbocycles. The SMILES string of the molecule is CCOC(=O)/N=N/C(OC(C)=O)(c1ccccc1)c1ccccc1. The van der Waals surface area contributed by atoms with Crippen LogP contribution in [0.25, 0.3) is 0 Å². The molecule has 0 aliphatic carbocycles. The zero-order chi connectivity index (χ0) is 17.4. The zero-order valence-electron chi connectivity index (χ0n) is 13.5. The largest absolute Gasteiger partial charge is 0.452 e. The fraction of sp³-hybridized carbons (Fsp3) is 0.222. The lowest BCUT2D eigenvalue weighted by molar-refractivity contribution is -0.153. The van der Waals surface area contributed by atoms with Gasteiger partial charge in [-0.2, -0.15) is 0 Å². The van der Waals surface area contributed by atoms with Crippen LogP contribution in [0, 0.1) is 0 Å². The highest BCUT2D eigenvalue weighted by Crippen LogP contribution is 2.35. The van der Waals surface area contributed by atoms with Crippen LogP contribution >= 0.6 is 0 Å². The van der Waals surface area contributed by atoms with Gasteiger partial charge in [-0.15, -0.1) is 5.11 Å². The van der Waals surface area contributed by atoms with E-state index in [-0.39, 0.29) is 6.61 Å². The summed E-state index contributed by atoms with van der Waals surface area (Å²) in [4.78, 5) is 23.4. The van der Waals surface area contributed by atoms with Crippen molar-refractivity contribution in [2.24, 2.45) is 10.2 Å². The second kappa shape index (κ2) is 8.01. The number of carbonyl (C=O) groups is 2. The van der Waals surface area contributed by atoms with Crippen molar-refractivity contribution >= 4 is 12.1 Å². The molecule has 0 bridgehead atoms. The predicted octanol–water partition coefficient (Wildman–Crippen LogP) is 4.06. The molecule has 0 heterocycles. The minimum atomic E-state index is -1.55. The molecule has 2 aromatic rings. The quantitative estimate of drug-likeness (QED) is 0.613. The summed E-state index contributed by atoms with van der Waals surface area (Å²) in [7, 11) is 0. The third-order valence-electron chi connectivity index (χ3n) is 3.16. The van der Waals surface area contributed by atoms with Gasteiger partial charge >= 0.3 is 12.1 Å². The molecule has 0 N–H and O–H groups in total. The molecule has 0 saturated heterocycles.